The zero-order valence-electron chi connectivity index (χ0n) is 20.7. The SMILES string of the molecule is CC[C@@H](C)NC(=O)[C@@H](CC)N(Cc1ccc(F)cc1)C(=O)CCCN1C(=O)c2ccccc2S1(=O)=O. The van der Waals surface area contributed by atoms with E-state index in [2.05, 4.69) is 5.32 Å². The number of sulfonamides is 1. The Labute approximate surface area is 211 Å². The molecule has 0 spiro atoms. The van der Waals surface area contributed by atoms with Crippen molar-refractivity contribution in [2.75, 3.05) is 6.54 Å². The number of rotatable bonds is 11. The van der Waals surface area contributed by atoms with Crippen LogP contribution >= 0.6 is 0 Å². The van der Waals surface area contributed by atoms with Crippen molar-refractivity contribution in [3.63, 3.8) is 0 Å². The van der Waals surface area contributed by atoms with Gasteiger partial charge in [-0.1, -0.05) is 38.1 Å². The van der Waals surface area contributed by atoms with Crippen LogP contribution in [0.4, 0.5) is 4.39 Å². The molecule has 194 valence electrons. The van der Waals surface area contributed by atoms with Crippen LogP contribution in [0, 0.1) is 5.82 Å². The molecule has 0 unspecified atom stereocenters. The molecule has 1 aliphatic rings. The summed E-state index contributed by atoms with van der Waals surface area (Å²) in [7, 11) is -3.96. The Morgan fingerprint density at radius 3 is 2.33 bits per heavy atom. The molecule has 0 aromatic heterocycles. The highest BCUT2D eigenvalue weighted by molar-refractivity contribution is 7.90. The molecular weight excluding hydrogens is 485 g/mol. The molecule has 0 fully saturated rings. The number of nitrogens with one attached hydrogen (secondary N) is 1. The van der Waals surface area contributed by atoms with Crippen LogP contribution in [0.15, 0.2) is 53.4 Å². The number of nitrogens with zero attached hydrogens (tertiary/aromatic N) is 2. The third-order valence-corrected chi connectivity index (χ3v) is 8.16. The van der Waals surface area contributed by atoms with Crippen molar-refractivity contribution in [3.05, 3.63) is 65.5 Å². The van der Waals surface area contributed by atoms with Crippen molar-refractivity contribution < 1.29 is 27.2 Å². The molecule has 8 nitrogen and oxygen atoms in total. The zero-order chi connectivity index (χ0) is 26.5. The van der Waals surface area contributed by atoms with Crippen molar-refractivity contribution in [1.82, 2.24) is 14.5 Å². The van der Waals surface area contributed by atoms with Gasteiger partial charge < -0.3 is 10.2 Å². The maximum atomic E-state index is 13.4. The number of hydrogen-bond acceptors (Lipinski definition) is 5. The minimum absolute atomic E-state index is 0.0352. The summed E-state index contributed by atoms with van der Waals surface area (Å²) >= 11 is 0. The quantitative estimate of drug-likeness (QED) is 0.492. The van der Waals surface area contributed by atoms with Gasteiger partial charge in [-0.2, -0.15) is 0 Å². The third kappa shape index (κ3) is 5.92. The molecule has 0 saturated heterocycles. The standard InChI is InChI=1S/C26H32FN3O5S/c1-4-18(3)28-25(32)22(5-2)29(17-19-12-14-20(27)15-13-19)24(31)11-8-16-30-26(33)21-9-6-7-10-23(21)36(30,34)35/h6-7,9-10,12-15,18,22H,4-5,8,11,16-17H2,1-3H3,(H,28,32)/t18-,22-/m1/s1. The second kappa shape index (κ2) is 11.6. The van der Waals surface area contributed by atoms with Crippen molar-refractivity contribution >= 4 is 27.7 Å². The van der Waals surface area contributed by atoms with Gasteiger partial charge in [-0.25, -0.2) is 17.1 Å². The van der Waals surface area contributed by atoms with Gasteiger partial charge in [0.1, 0.15) is 16.8 Å². The van der Waals surface area contributed by atoms with Crippen LogP contribution in [0.1, 0.15) is 62.4 Å². The summed E-state index contributed by atoms with van der Waals surface area (Å²) in [4.78, 5) is 40.3. The summed E-state index contributed by atoms with van der Waals surface area (Å²) in [6.07, 6.45) is 1.13. The fourth-order valence-electron chi connectivity index (χ4n) is 4.12. The molecule has 0 saturated carbocycles. The van der Waals surface area contributed by atoms with E-state index in [0.717, 1.165) is 10.7 Å². The average molecular weight is 518 g/mol. The van der Waals surface area contributed by atoms with Crippen LogP contribution in [0.3, 0.4) is 0 Å². The molecule has 3 amide bonds. The van der Waals surface area contributed by atoms with Crippen LogP contribution in [0.2, 0.25) is 0 Å². The van der Waals surface area contributed by atoms with E-state index in [0.29, 0.717) is 12.0 Å². The smallest absolute Gasteiger partial charge is 0.269 e. The fourth-order valence-corrected chi connectivity index (χ4v) is 5.72. The second-order valence-corrected chi connectivity index (χ2v) is 10.7. The van der Waals surface area contributed by atoms with E-state index >= 15 is 0 Å². The number of halogens is 1. The Morgan fingerprint density at radius 2 is 1.72 bits per heavy atom. The van der Waals surface area contributed by atoms with E-state index in [-0.39, 0.29) is 54.2 Å². The van der Waals surface area contributed by atoms with Crippen LogP contribution < -0.4 is 5.32 Å². The highest BCUT2D eigenvalue weighted by Crippen LogP contribution is 2.30. The van der Waals surface area contributed by atoms with Crippen LogP contribution in [0.25, 0.3) is 0 Å². The minimum Gasteiger partial charge on any atom is -0.352 e. The van der Waals surface area contributed by atoms with E-state index in [1.165, 1.54) is 29.2 Å². The molecule has 0 bridgehead atoms. The molecule has 3 rings (SSSR count). The first kappa shape index (κ1) is 27.3. The lowest BCUT2D eigenvalue weighted by Gasteiger charge is -2.31. The first-order chi connectivity index (χ1) is 17.1. The molecule has 2 atom stereocenters. The molecule has 1 aliphatic heterocycles. The lowest BCUT2D eigenvalue weighted by Crippen LogP contribution is -2.50. The number of hydrogen-bond donors (Lipinski definition) is 1. The highest BCUT2D eigenvalue weighted by atomic mass is 32.2. The maximum Gasteiger partial charge on any atom is 0.269 e. The van der Waals surface area contributed by atoms with Crippen LogP contribution in [0.5, 0.6) is 0 Å². The Morgan fingerprint density at radius 1 is 1.06 bits per heavy atom. The van der Waals surface area contributed by atoms with E-state index in [4.69, 9.17) is 0 Å². The van der Waals surface area contributed by atoms with Gasteiger partial charge >= 0.3 is 0 Å². The number of carbonyl (C=O) groups is 3. The van der Waals surface area contributed by atoms with Crippen molar-refractivity contribution in [1.29, 1.82) is 0 Å². The lowest BCUT2D eigenvalue weighted by atomic mass is 10.1. The normalized spacial score (nSPS) is 15.8. The Hall–Kier alpha value is -3.27. The molecule has 1 heterocycles. The van der Waals surface area contributed by atoms with Crippen LogP contribution in [-0.2, 0) is 26.2 Å². The first-order valence-electron chi connectivity index (χ1n) is 12.1. The van der Waals surface area contributed by atoms with Gasteiger partial charge in [-0.05, 0) is 56.0 Å². The summed E-state index contributed by atoms with van der Waals surface area (Å²) in [6, 6.07) is 10.9. The molecule has 2 aromatic rings. The predicted octanol–water partition coefficient (Wildman–Crippen LogP) is 3.47. The van der Waals surface area contributed by atoms with Gasteiger partial charge in [0.2, 0.25) is 11.8 Å². The second-order valence-electron chi connectivity index (χ2n) is 8.87. The maximum absolute atomic E-state index is 13.4. The average Bonchev–Trinajstić information content (AvgIpc) is 3.05. The Kier molecular flexibility index (Phi) is 8.84. The summed E-state index contributed by atoms with van der Waals surface area (Å²) < 4.78 is 39.7. The number of benzene rings is 2. The number of amides is 3. The molecule has 0 aliphatic carbocycles. The van der Waals surface area contributed by atoms with Gasteiger partial charge in [-0.15, -0.1) is 0 Å². The number of carbonyl (C=O) groups excluding carboxylic acids is 3. The molecule has 2 aromatic carbocycles. The van der Waals surface area contributed by atoms with Gasteiger partial charge in [0.05, 0.1) is 5.56 Å². The highest BCUT2D eigenvalue weighted by Gasteiger charge is 2.40. The molecule has 0 radical (unpaired) electrons. The van der Waals surface area contributed by atoms with E-state index in [1.54, 1.807) is 31.2 Å². The number of fused-ring (bicyclic) bond motifs is 1. The van der Waals surface area contributed by atoms with Gasteiger partial charge in [0.25, 0.3) is 15.9 Å². The largest absolute Gasteiger partial charge is 0.352 e. The molecule has 1 N–H and O–H groups in total. The molecule has 10 heteroatoms. The topological polar surface area (TPSA) is 104 Å². The summed E-state index contributed by atoms with van der Waals surface area (Å²) in [5, 5.41) is 2.91. The predicted molar refractivity (Wildman–Crippen MR) is 133 cm³/mol. The fraction of sp³-hybridized carbons (Fsp3) is 0.423. The first-order valence-corrected chi connectivity index (χ1v) is 13.5. The Balaban J connectivity index is 1.74. The summed E-state index contributed by atoms with van der Waals surface area (Å²) in [5.74, 6) is -1.65. The van der Waals surface area contributed by atoms with E-state index in [1.807, 2.05) is 13.8 Å². The van der Waals surface area contributed by atoms with E-state index < -0.39 is 27.8 Å². The van der Waals surface area contributed by atoms with Crippen LogP contribution in [-0.4, -0.2) is 54.0 Å². The molecule has 36 heavy (non-hydrogen) atoms. The monoisotopic (exact) mass is 517 g/mol. The van der Waals surface area contributed by atoms with Crippen molar-refractivity contribution in [2.24, 2.45) is 0 Å². The van der Waals surface area contributed by atoms with Crippen molar-refractivity contribution in [3.8, 4) is 0 Å². The van der Waals surface area contributed by atoms with Gasteiger partial charge in [0, 0.05) is 25.6 Å². The summed E-state index contributed by atoms with van der Waals surface area (Å²) in [6.45, 7) is 5.57. The zero-order valence-corrected chi connectivity index (χ0v) is 21.6. The minimum atomic E-state index is -3.96. The lowest BCUT2D eigenvalue weighted by molar-refractivity contribution is -0.141. The van der Waals surface area contributed by atoms with Crippen molar-refractivity contribution in [2.45, 2.75) is 70.0 Å². The van der Waals surface area contributed by atoms with Gasteiger partial charge in [0.15, 0.2) is 0 Å². The third-order valence-electron chi connectivity index (χ3n) is 6.32. The van der Waals surface area contributed by atoms with E-state index in [9.17, 15) is 27.2 Å². The van der Waals surface area contributed by atoms with Gasteiger partial charge in [-0.3, -0.25) is 14.4 Å². The molecular formula is C26H32FN3O5S. The Bertz CT molecular complexity index is 1220. The summed E-state index contributed by atoms with van der Waals surface area (Å²) in [5.41, 5.74) is 0.779.